The third-order valence-corrected chi connectivity index (χ3v) is 6.88. The maximum atomic E-state index is 10.9. The van der Waals surface area contributed by atoms with Crippen molar-refractivity contribution in [2.45, 2.75) is 6.42 Å². The number of fused-ring (bicyclic) bond motifs is 6. The molecular formula is C28H26N10O5. The average molecular weight is 583 g/mol. The molecule has 1 saturated heterocycles. The van der Waals surface area contributed by atoms with Gasteiger partial charge in [-0.05, 0) is 25.1 Å². The first-order valence-corrected chi connectivity index (χ1v) is 13.3. The number of aromatic carboxylic acids is 1. The molecule has 7 rings (SSSR count). The van der Waals surface area contributed by atoms with Crippen LogP contribution in [0.2, 0.25) is 0 Å². The third kappa shape index (κ3) is 5.40. The minimum Gasteiger partial charge on any atom is -0.493 e. The highest BCUT2D eigenvalue weighted by Gasteiger charge is 2.18. The van der Waals surface area contributed by atoms with Crippen LogP contribution in [0.4, 0.5) is 5.82 Å². The van der Waals surface area contributed by atoms with E-state index in [1.807, 2.05) is 12.1 Å². The predicted octanol–water partition coefficient (Wildman–Crippen LogP) is 2.37. The van der Waals surface area contributed by atoms with Crippen LogP contribution in [0.25, 0.3) is 43.9 Å². The zero-order chi connectivity index (χ0) is 29.9. The van der Waals surface area contributed by atoms with Crippen molar-refractivity contribution >= 4 is 55.7 Å². The van der Waals surface area contributed by atoms with Crippen LogP contribution in [0.5, 0.6) is 17.6 Å². The first-order chi connectivity index (χ1) is 21.0. The summed E-state index contributed by atoms with van der Waals surface area (Å²) in [5.41, 5.74) is 2.07. The Hall–Kier alpha value is -5.57. The molecule has 0 atom stereocenters. The van der Waals surface area contributed by atoms with Gasteiger partial charge in [-0.15, -0.1) is 0 Å². The maximum absolute atomic E-state index is 10.9. The summed E-state index contributed by atoms with van der Waals surface area (Å²) in [5.74, 6) is -0.341. The van der Waals surface area contributed by atoms with Crippen LogP contribution in [0.15, 0.2) is 43.0 Å². The van der Waals surface area contributed by atoms with Crippen molar-refractivity contribution in [2.24, 2.45) is 0 Å². The molecule has 6 aromatic heterocycles. The van der Waals surface area contributed by atoms with Crippen LogP contribution in [0.3, 0.4) is 0 Å². The fourth-order valence-corrected chi connectivity index (χ4v) is 4.88. The van der Waals surface area contributed by atoms with Crippen LogP contribution in [-0.4, -0.2) is 96.5 Å². The number of nitrogens with zero attached hydrogens (tertiary/aromatic N) is 9. The minimum atomic E-state index is -1.32. The second-order valence-electron chi connectivity index (χ2n) is 9.45. The van der Waals surface area contributed by atoms with Crippen molar-refractivity contribution in [3.8, 4) is 17.6 Å². The van der Waals surface area contributed by atoms with E-state index in [0.29, 0.717) is 33.8 Å². The SMILES string of the molecule is COc1ccc2c(ncc3nc(C(=O)O)nc(O)c32)n1.COc1ccc2c(ncc3ncnc(N4CCCNCC4)c32)n1. The smallest absolute Gasteiger partial charge is 0.374 e. The molecule has 0 spiro atoms. The molecule has 3 N–H and O–H groups in total. The zero-order valence-corrected chi connectivity index (χ0v) is 23.2. The van der Waals surface area contributed by atoms with Crippen LogP contribution in [0, 0.1) is 0 Å². The van der Waals surface area contributed by atoms with Crippen molar-refractivity contribution in [1.29, 1.82) is 0 Å². The average Bonchev–Trinajstić information content (AvgIpc) is 3.33. The Morgan fingerprint density at radius 3 is 2.16 bits per heavy atom. The van der Waals surface area contributed by atoms with Crippen LogP contribution in [0.1, 0.15) is 17.0 Å². The summed E-state index contributed by atoms with van der Waals surface area (Å²) in [7, 11) is 3.09. The quantitative estimate of drug-likeness (QED) is 0.256. The molecule has 1 aliphatic rings. The number of carboxylic acids is 1. The first-order valence-electron chi connectivity index (χ1n) is 13.3. The van der Waals surface area contributed by atoms with Gasteiger partial charge in [-0.3, -0.25) is 0 Å². The Morgan fingerprint density at radius 2 is 1.49 bits per heavy atom. The lowest BCUT2D eigenvalue weighted by Crippen LogP contribution is -2.28. The molecule has 0 bridgehead atoms. The van der Waals surface area contributed by atoms with Gasteiger partial charge in [0.2, 0.25) is 23.5 Å². The standard InChI is InChI=1S/C16H18N6O.C12H8N4O4/c1-23-13-4-3-11-14-12(9-18-15(11)21-13)19-10-20-16(14)22-7-2-5-17-6-8-22;1-20-7-3-2-5-8-6(4-13-9(5)15-7)14-10(12(18)19)16-11(8)17/h3-4,9-10,17H,2,5-8H2,1H3;2-4H,1H3,(H,18,19)(H,14,16,17). The monoisotopic (exact) mass is 582 g/mol. The Balaban J connectivity index is 0.000000155. The molecule has 218 valence electrons. The molecular weight excluding hydrogens is 556 g/mol. The summed E-state index contributed by atoms with van der Waals surface area (Å²) in [6, 6.07) is 7.09. The van der Waals surface area contributed by atoms with Gasteiger partial charge in [0.25, 0.3) is 0 Å². The minimum absolute atomic E-state index is 0.231. The third-order valence-electron chi connectivity index (χ3n) is 6.88. The molecule has 6 aromatic rings. The number of carboxylic acid groups (broad SMARTS) is 1. The van der Waals surface area contributed by atoms with E-state index in [4.69, 9.17) is 14.6 Å². The van der Waals surface area contributed by atoms with Crippen LogP contribution in [-0.2, 0) is 0 Å². The van der Waals surface area contributed by atoms with E-state index in [9.17, 15) is 9.90 Å². The van der Waals surface area contributed by atoms with Gasteiger partial charge < -0.3 is 29.9 Å². The number of hydrogen-bond acceptors (Lipinski definition) is 14. The number of aromatic hydroxyl groups is 1. The number of hydrogen-bond donors (Lipinski definition) is 3. The number of aromatic nitrogens is 8. The van der Waals surface area contributed by atoms with E-state index in [-0.39, 0.29) is 5.52 Å². The molecule has 0 aromatic carbocycles. The van der Waals surface area contributed by atoms with Gasteiger partial charge in [0.15, 0.2) is 11.3 Å². The Bertz CT molecular complexity index is 1980. The molecule has 0 saturated carbocycles. The summed E-state index contributed by atoms with van der Waals surface area (Å²) in [5, 5.41) is 25.0. The highest BCUT2D eigenvalue weighted by molar-refractivity contribution is 6.09. The van der Waals surface area contributed by atoms with Gasteiger partial charge in [-0.25, -0.2) is 29.7 Å². The lowest BCUT2D eigenvalue weighted by atomic mass is 10.1. The van der Waals surface area contributed by atoms with Gasteiger partial charge >= 0.3 is 5.97 Å². The van der Waals surface area contributed by atoms with E-state index in [1.54, 1.807) is 31.8 Å². The zero-order valence-electron chi connectivity index (χ0n) is 23.2. The van der Waals surface area contributed by atoms with Crippen LogP contribution >= 0.6 is 0 Å². The first kappa shape index (κ1) is 27.6. The Morgan fingerprint density at radius 1 is 0.814 bits per heavy atom. The molecule has 0 unspecified atom stereocenters. The highest BCUT2D eigenvalue weighted by Crippen LogP contribution is 2.31. The van der Waals surface area contributed by atoms with Gasteiger partial charge in [0, 0.05) is 42.5 Å². The number of pyridine rings is 4. The number of rotatable bonds is 4. The topological polar surface area (TPSA) is 194 Å². The molecule has 15 heteroatoms. The second-order valence-corrected chi connectivity index (χ2v) is 9.45. The van der Waals surface area contributed by atoms with Crippen molar-refractivity contribution in [2.75, 3.05) is 45.3 Å². The number of nitrogens with one attached hydrogen (secondary N) is 1. The molecule has 1 aliphatic heterocycles. The Kier molecular flexibility index (Phi) is 7.53. The fraction of sp³-hybridized carbons (Fsp3) is 0.250. The van der Waals surface area contributed by atoms with Crippen molar-refractivity contribution in [1.82, 2.24) is 45.2 Å². The van der Waals surface area contributed by atoms with Crippen molar-refractivity contribution < 1.29 is 24.5 Å². The molecule has 43 heavy (non-hydrogen) atoms. The van der Waals surface area contributed by atoms with Gasteiger partial charge in [-0.2, -0.15) is 15.0 Å². The van der Waals surface area contributed by atoms with E-state index >= 15 is 0 Å². The lowest BCUT2D eigenvalue weighted by molar-refractivity contribution is 0.0683. The molecule has 0 amide bonds. The Labute approximate surface area is 243 Å². The van der Waals surface area contributed by atoms with E-state index in [2.05, 4.69) is 50.1 Å². The number of ether oxygens (including phenoxy) is 2. The normalized spacial score (nSPS) is 13.5. The summed E-state index contributed by atoms with van der Waals surface area (Å²) >= 11 is 0. The second kappa shape index (κ2) is 11.7. The summed E-state index contributed by atoms with van der Waals surface area (Å²) in [6.45, 7) is 3.91. The predicted molar refractivity (Wildman–Crippen MR) is 157 cm³/mol. The summed E-state index contributed by atoms with van der Waals surface area (Å²) in [4.78, 5) is 46.5. The van der Waals surface area contributed by atoms with E-state index < -0.39 is 17.7 Å². The van der Waals surface area contributed by atoms with Gasteiger partial charge in [-0.1, -0.05) is 0 Å². The van der Waals surface area contributed by atoms with E-state index in [1.165, 1.54) is 13.3 Å². The van der Waals surface area contributed by atoms with Gasteiger partial charge in [0.1, 0.15) is 12.1 Å². The summed E-state index contributed by atoms with van der Waals surface area (Å²) < 4.78 is 10.2. The van der Waals surface area contributed by atoms with Crippen LogP contribution < -0.4 is 19.7 Å². The van der Waals surface area contributed by atoms with Gasteiger partial charge in [0.05, 0.1) is 48.4 Å². The number of carbonyl (C=O) groups is 1. The molecule has 0 radical (unpaired) electrons. The highest BCUT2D eigenvalue weighted by atomic mass is 16.5. The van der Waals surface area contributed by atoms with Crippen molar-refractivity contribution in [3.63, 3.8) is 0 Å². The molecule has 15 nitrogen and oxygen atoms in total. The largest absolute Gasteiger partial charge is 0.493 e. The summed E-state index contributed by atoms with van der Waals surface area (Å²) in [6.07, 6.45) is 5.80. The number of methoxy groups -OCH3 is 2. The molecule has 7 heterocycles. The number of anilines is 1. The van der Waals surface area contributed by atoms with Crippen molar-refractivity contribution in [3.05, 3.63) is 48.8 Å². The maximum Gasteiger partial charge on any atom is 0.374 e. The lowest BCUT2D eigenvalue weighted by Gasteiger charge is -2.22. The fourth-order valence-electron chi connectivity index (χ4n) is 4.88. The molecule has 0 aliphatic carbocycles. The molecule has 1 fully saturated rings. The van der Waals surface area contributed by atoms with E-state index in [0.717, 1.165) is 54.7 Å².